The summed E-state index contributed by atoms with van der Waals surface area (Å²) < 4.78 is 66.2. The summed E-state index contributed by atoms with van der Waals surface area (Å²) in [7, 11) is -10.0. The highest BCUT2D eigenvalue weighted by molar-refractivity contribution is 8.05. The predicted octanol–water partition coefficient (Wildman–Crippen LogP) is 3.89. The maximum Gasteiger partial charge on any atom is 0.288 e. The lowest BCUT2D eigenvalue weighted by Crippen LogP contribution is -2.57. The van der Waals surface area contributed by atoms with Gasteiger partial charge in [0.25, 0.3) is 20.2 Å². The van der Waals surface area contributed by atoms with E-state index in [1.165, 1.54) is 0 Å². The molecule has 0 aromatic carbocycles. The Kier molecular flexibility index (Phi) is 9.27. The topological polar surface area (TPSA) is 109 Å². The average molecular weight is 373 g/mol. The van der Waals surface area contributed by atoms with E-state index in [0.29, 0.717) is 25.7 Å². The monoisotopic (exact) mass is 372 g/mol. The van der Waals surface area contributed by atoms with Crippen molar-refractivity contribution in [1.82, 2.24) is 0 Å². The molecule has 0 heterocycles. The molecule has 0 fully saturated rings. The van der Waals surface area contributed by atoms with Gasteiger partial charge in [0.1, 0.15) is 0 Å². The highest BCUT2D eigenvalue weighted by Gasteiger charge is 2.62. The van der Waals surface area contributed by atoms with Gasteiger partial charge in [0, 0.05) is 0 Å². The molecule has 0 saturated heterocycles. The molecule has 0 aliphatic carbocycles. The third-order valence-corrected chi connectivity index (χ3v) is 8.95. The van der Waals surface area contributed by atoms with Crippen molar-refractivity contribution in [1.29, 1.82) is 0 Å². The van der Waals surface area contributed by atoms with Crippen LogP contribution in [0.2, 0.25) is 0 Å². The molecule has 2 N–H and O–H groups in total. The van der Waals surface area contributed by atoms with Crippen molar-refractivity contribution in [3.8, 4) is 0 Å². The number of hydrogen-bond acceptors (Lipinski definition) is 4. The lowest BCUT2D eigenvalue weighted by atomic mass is 9.83. The van der Waals surface area contributed by atoms with Crippen molar-refractivity contribution < 1.29 is 25.9 Å². The number of hydrogen-bond donors (Lipinski definition) is 2. The van der Waals surface area contributed by atoms with Gasteiger partial charge in [-0.3, -0.25) is 9.11 Å². The van der Waals surface area contributed by atoms with Gasteiger partial charge in [-0.15, -0.1) is 0 Å². The van der Waals surface area contributed by atoms with E-state index in [-0.39, 0.29) is 12.8 Å². The predicted molar refractivity (Wildman–Crippen MR) is 92.4 cm³/mol. The SMILES string of the molecule is CCCCC(CC)C(C(CC)CCCC)(S(=O)(=O)O)S(=O)(=O)O. The van der Waals surface area contributed by atoms with Crippen LogP contribution in [0.1, 0.15) is 79.1 Å². The summed E-state index contributed by atoms with van der Waals surface area (Å²) in [5.74, 6) is -1.68. The van der Waals surface area contributed by atoms with Gasteiger partial charge in [-0.25, -0.2) is 0 Å². The zero-order chi connectivity index (χ0) is 18.3. The van der Waals surface area contributed by atoms with Crippen LogP contribution in [-0.2, 0) is 20.2 Å². The van der Waals surface area contributed by atoms with Gasteiger partial charge >= 0.3 is 0 Å². The van der Waals surface area contributed by atoms with Crippen molar-refractivity contribution in [3.05, 3.63) is 0 Å². The maximum atomic E-state index is 12.2. The van der Waals surface area contributed by atoms with E-state index in [4.69, 9.17) is 0 Å². The number of rotatable bonds is 12. The lowest BCUT2D eigenvalue weighted by Gasteiger charge is -2.40. The Labute approximate surface area is 141 Å². The zero-order valence-electron chi connectivity index (χ0n) is 14.7. The standard InChI is InChI=1S/C15H32O6S2/c1-5-9-11-13(7-3)15(22(16,17)18,23(19,20)21)14(8-4)12-10-6-2/h13-14H,5-12H2,1-4H3,(H,16,17,18)(H,19,20,21). The van der Waals surface area contributed by atoms with Crippen LogP contribution in [0.25, 0.3) is 0 Å². The normalized spacial score (nSPS) is 16.3. The summed E-state index contributed by atoms with van der Waals surface area (Å²) in [6, 6.07) is 0. The minimum atomic E-state index is -5.01. The van der Waals surface area contributed by atoms with Crippen molar-refractivity contribution in [3.63, 3.8) is 0 Å². The molecule has 23 heavy (non-hydrogen) atoms. The summed E-state index contributed by atoms with van der Waals surface area (Å²) in [4.78, 5) is 0. The van der Waals surface area contributed by atoms with E-state index in [0.717, 1.165) is 12.8 Å². The maximum absolute atomic E-state index is 12.2. The van der Waals surface area contributed by atoms with Crippen molar-refractivity contribution in [2.75, 3.05) is 0 Å². The molecule has 0 aliphatic heterocycles. The van der Waals surface area contributed by atoms with Crippen LogP contribution in [0.15, 0.2) is 0 Å². The van der Waals surface area contributed by atoms with Crippen LogP contribution in [0.5, 0.6) is 0 Å². The second kappa shape index (κ2) is 9.34. The highest BCUT2D eigenvalue weighted by Crippen LogP contribution is 2.46. The molecule has 8 heteroatoms. The van der Waals surface area contributed by atoms with Crippen molar-refractivity contribution in [2.45, 2.75) is 83.1 Å². The van der Waals surface area contributed by atoms with Gasteiger partial charge in [-0.1, -0.05) is 66.2 Å². The van der Waals surface area contributed by atoms with Crippen molar-refractivity contribution >= 4 is 20.2 Å². The molecule has 0 aromatic rings. The third kappa shape index (κ3) is 4.90. The first kappa shape index (κ1) is 22.8. The molecule has 0 aliphatic rings. The summed E-state index contributed by atoms with van der Waals surface area (Å²) >= 11 is 0. The Morgan fingerprint density at radius 1 is 0.739 bits per heavy atom. The molecule has 0 aromatic heterocycles. The second-order valence-electron chi connectivity index (χ2n) is 6.17. The van der Waals surface area contributed by atoms with Crippen molar-refractivity contribution in [2.24, 2.45) is 11.8 Å². The first-order valence-electron chi connectivity index (χ1n) is 8.48. The molecule has 0 amide bonds. The summed E-state index contributed by atoms with van der Waals surface area (Å²) in [5.41, 5.74) is 0. The molecular formula is C15H32O6S2. The van der Waals surface area contributed by atoms with Gasteiger partial charge in [-0.05, 0) is 24.7 Å². The van der Waals surface area contributed by atoms with Gasteiger partial charge < -0.3 is 0 Å². The Hall–Kier alpha value is -0.180. The minimum absolute atomic E-state index is 0.252. The highest BCUT2D eigenvalue weighted by atomic mass is 32.3. The Bertz CT molecular complexity index is 488. The molecule has 0 spiro atoms. The largest absolute Gasteiger partial charge is 0.288 e. The fourth-order valence-electron chi connectivity index (χ4n) is 3.59. The molecule has 140 valence electrons. The smallest absolute Gasteiger partial charge is 0.284 e. The molecule has 6 nitrogen and oxygen atoms in total. The fourth-order valence-corrected chi connectivity index (χ4v) is 7.48. The summed E-state index contributed by atoms with van der Waals surface area (Å²) in [6.07, 6.45) is 3.98. The van der Waals surface area contributed by atoms with E-state index in [1.807, 2.05) is 13.8 Å². The molecule has 0 radical (unpaired) electrons. The Morgan fingerprint density at radius 3 is 1.22 bits per heavy atom. The summed E-state index contributed by atoms with van der Waals surface area (Å²) in [6.45, 7) is 7.23. The van der Waals surface area contributed by atoms with Crippen LogP contribution in [-0.4, -0.2) is 30.0 Å². The fraction of sp³-hybridized carbons (Fsp3) is 1.00. The molecule has 2 atom stereocenters. The van der Waals surface area contributed by atoms with E-state index >= 15 is 0 Å². The van der Waals surface area contributed by atoms with Gasteiger partial charge in [0.2, 0.25) is 4.08 Å². The molecular weight excluding hydrogens is 340 g/mol. The second-order valence-corrected chi connectivity index (χ2v) is 9.68. The summed E-state index contributed by atoms with van der Waals surface area (Å²) in [5, 5.41) is 0. The van der Waals surface area contributed by atoms with Crippen LogP contribution >= 0.6 is 0 Å². The zero-order valence-corrected chi connectivity index (χ0v) is 16.3. The van der Waals surface area contributed by atoms with E-state index < -0.39 is 36.2 Å². The molecule has 0 bridgehead atoms. The van der Waals surface area contributed by atoms with Crippen LogP contribution in [0, 0.1) is 11.8 Å². The number of unbranched alkanes of at least 4 members (excludes halogenated alkanes) is 2. The third-order valence-electron chi connectivity index (χ3n) is 4.74. The quantitative estimate of drug-likeness (QED) is 0.503. The van der Waals surface area contributed by atoms with Crippen LogP contribution < -0.4 is 0 Å². The molecule has 0 rings (SSSR count). The Balaban J connectivity index is 6.40. The van der Waals surface area contributed by atoms with E-state index in [2.05, 4.69) is 0 Å². The van der Waals surface area contributed by atoms with E-state index in [9.17, 15) is 25.9 Å². The van der Waals surface area contributed by atoms with E-state index in [1.54, 1.807) is 13.8 Å². The van der Waals surface area contributed by atoms with Gasteiger partial charge in [0.05, 0.1) is 0 Å². The first-order valence-corrected chi connectivity index (χ1v) is 11.4. The average Bonchev–Trinajstić information content (AvgIpc) is 2.43. The Morgan fingerprint density at radius 2 is 1.04 bits per heavy atom. The van der Waals surface area contributed by atoms with Gasteiger partial charge in [-0.2, -0.15) is 16.8 Å². The van der Waals surface area contributed by atoms with Gasteiger partial charge in [0.15, 0.2) is 0 Å². The van der Waals surface area contributed by atoms with Crippen LogP contribution in [0.4, 0.5) is 0 Å². The first-order chi connectivity index (χ1) is 10.5. The molecule has 0 saturated carbocycles. The molecule has 2 unspecified atom stereocenters. The minimum Gasteiger partial charge on any atom is -0.284 e. The lowest BCUT2D eigenvalue weighted by molar-refractivity contribution is 0.246. The van der Waals surface area contributed by atoms with Crippen LogP contribution in [0.3, 0.4) is 0 Å².